The molecule has 1 aliphatic carbocycles. The van der Waals surface area contributed by atoms with Gasteiger partial charge in [-0.25, -0.2) is 4.98 Å². The molecule has 1 N–H and O–H groups in total. The molecule has 3 rings (SSSR count). The number of hydrogen-bond acceptors (Lipinski definition) is 3. The first-order valence-corrected chi connectivity index (χ1v) is 8.91. The summed E-state index contributed by atoms with van der Waals surface area (Å²) in [6.07, 6.45) is 13.0. The average molecular weight is 368 g/mol. The third-order valence-electron chi connectivity index (χ3n) is 4.63. The van der Waals surface area contributed by atoms with Crippen LogP contribution in [0.25, 0.3) is 5.57 Å². The molecule has 0 amide bonds. The van der Waals surface area contributed by atoms with Gasteiger partial charge >= 0.3 is 0 Å². The summed E-state index contributed by atoms with van der Waals surface area (Å²) >= 11 is 6.25. The number of allylic oxidation sites excluding steroid dienone is 4. The van der Waals surface area contributed by atoms with Crippen molar-refractivity contribution >= 4 is 23.9 Å². The summed E-state index contributed by atoms with van der Waals surface area (Å²) in [7, 11) is 1.88. The van der Waals surface area contributed by atoms with Crippen molar-refractivity contribution in [3.05, 3.63) is 82.6 Å². The lowest BCUT2D eigenvalue weighted by atomic mass is 9.87. The Kier molecular flexibility index (Phi) is 5.86. The maximum atomic E-state index is 11.0. The molecule has 0 spiro atoms. The molecule has 0 saturated heterocycles. The van der Waals surface area contributed by atoms with E-state index in [1.165, 1.54) is 11.1 Å². The first kappa shape index (κ1) is 18.4. The molecule has 1 atom stereocenters. The van der Waals surface area contributed by atoms with Crippen LogP contribution in [0.3, 0.4) is 0 Å². The molecule has 5 heteroatoms. The molecule has 0 bridgehead atoms. The lowest BCUT2D eigenvalue weighted by molar-refractivity contribution is 0.229. The molecule has 0 radical (unpaired) electrons. The maximum absolute atomic E-state index is 11.0. The minimum absolute atomic E-state index is 0.670. The summed E-state index contributed by atoms with van der Waals surface area (Å²) in [5, 5.41) is 11.7. The van der Waals surface area contributed by atoms with Crippen LogP contribution >= 0.6 is 11.6 Å². The van der Waals surface area contributed by atoms with Gasteiger partial charge < -0.3 is 9.67 Å². The monoisotopic (exact) mass is 367 g/mol. The average Bonchev–Trinajstić information content (AvgIpc) is 3.04. The Balaban J connectivity index is 2.05. The van der Waals surface area contributed by atoms with Gasteiger partial charge in [0.15, 0.2) is 0 Å². The van der Waals surface area contributed by atoms with Gasteiger partial charge in [-0.05, 0) is 60.9 Å². The molecule has 1 aromatic heterocycles. The standard InChI is InChI=1S/C21H22ClN3O/c1-23-11-3-4-15-5-7-16-8-9-17(22)12-19(16)18(10-6-15)21(26)20-13-24-14-25(20)2/h3-4,8-14,21,26H,1,5-7H2,2H3/b11-3-,15-4+,18-10+. The maximum Gasteiger partial charge on any atom is 0.121 e. The molecule has 2 aromatic rings. The summed E-state index contributed by atoms with van der Waals surface area (Å²) in [5.41, 5.74) is 5.08. The van der Waals surface area contributed by atoms with Crippen LogP contribution in [0.1, 0.15) is 35.8 Å². The van der Waals surface area contributed by atoms with Gasteiger partial charge in [-0.15, -0.1) is 0 Å². The SMILES string of the molecule is C=N/C=C\C=C1\C/C=C(/C(O)c2cncn2C)c2cc(Cl)ccc2CC1. The number of rotatable bonds is 4. The number of aliphatic hydroxyl groups excluding tert-OH is 1. The van der Waals surface area contributed by atoms with E-state index in [1.807, 2.05) is 35.9 Å². The van der Waals surface area contributed by atoms with E-state index in [0.29, 0.717) is 5.02 Å². The van der Waals surface area contributed by atoms with Crippen molar-refractivity contribution in [1.29, 1.82) is 0 Å². The summed E-state index contributed by atoms with van der Waals surface area (Å²) < 4.78 is 1.84. The van der Waals surface area contributed by atoms with Gasteiger partial charge in [0.1, 0.15) is 6.10 Å². The van der Waals surface area contributed by atoms with Crippen molar-refractivity contribution in [1.82, 2.24) is 9.55 Å². The number of imidazole rings is 1. The van der Waals surface area contributed by atoms with Crippen LogP contribution in [0.2, 0.25) is 5.02 Å². The first-order valence-electron chi connectivity index (χ1n) is 8.53. The van der Waals surface area contributed by atoms with Gasteiger partial charge in [-0.1, -0.05) is 35.4 Å². The summed E-state index contributed by atoms with van der Waals surface area (Å²) in [5.74, 6) is 0. The molecular weight excluding hydrogens is 346 g/mol. The molecule has 26 heavy (non-hydrogen) atoms. The Morgan fingerprint density at radius 1 is 1.38 bits per heavy atom. The van der Waals surface area contributed by atoms with Crippen LogP contribution < -0.4 is 0 Å². The van der Waals surface area contributed by atoms with E-state index in [4.69, 9.17) is 11.6 Å². The zero-order chi connectivity index (χ0) is 18.5. The molecule has 1 aliphatic rings. The van der Waals surface area contributed by atoms with Gasteiger partial charge in [-0.2, -0.15) is 0 Å². The predicted octanol–water partition coefficient (Wildman–Crippen LogP) is 4.67. The topological polar surface area (TPSA) is 50.4 Å². The fourth-order valence-electron chi connectivity index (χ4n) is 3.22. The second-order valence-electron chi connectivity index (χ2n) is 6.35. The van der Waals surface area contributed by atoms with E-state index >= 15 is 0 Å². The minimum Gasteiger partial charge on any atom is -0.382 e. The quantitative estimate of drug-likeness (QED) is 0.798. The Bertz CT molecular complexity index is 892. The van der Waals surface area contributed by atoms with Crippen LogP contribution in [-0.2, 0) is 13.5 Å². The Morgan fingerprint density at radius 3 is 2.96 bits per heavy atom. The van der Waals surface area contributed by atoms with Gasteiger partial charge in [0, 0.05) is 18.3 Å². The predicted molar refractivity (Wildman–Crippen MR) is 107 cm³/mol. The number of hydrogen-bond donors (Lipinski definition) is 1. The molecule has 1 unspecified atom stereocenters. The number of aromatic nitrogens is 2. The van der Waals surface area contributed by atoms with Gasteiger partial charge in [0.05, 0.1) is 18.2 Å². The number of aliphatic imine (C=N–C) groups is 1. The van der Waals surface area contributed by atoms with E-state index in [2.05, 4.69) is 28.8 Å². The van der Waals surface area contributed by atoms with Crippen LogP contribution in [-0.4, -0.2) is 21.4 Å². The fraction of sp³-hybridized carbons (Fsp3) is 0.238. The van der Waals surface area contributed by atoms with Crippen LogP contribution in [0, 0.1) is 0 Å². The molecule has 4 nitrogen and oxygen atoms in total. The highest BCUT2D eigenvalue weighted by Crippen LogP contribution is 2.36. The zero-order valence-corrected chi connectivity index (χ0v) is 15.5. The van der Waals surface area contributed by atoms with E-state index in [9.17, 15) is 5.11 Å². The number of fused-ring (bicyclic) bond motifs is 1. The molecular formula is C21H22ClN3O. The van der Waals surface area contributed by atoms with Crippen molar-refractivity contribution in [2.24, 2.45) is 12.0 Å². The van der Waals surface area contributed by atoms with E-state index in [1.54, 1.807) is 18.7 Å². The van der Waals surface area contributed by atoms with Crippen LogP contribution in [0.4, 0.5) is 0 Å². The van der Waals surface area contributed by atoms with Crippen molar-refractivity contribution < 1.29 is 5.11 Å². The van der Waals surface area contributed by atoms with Crippen LogP contribution in [0.5, 0.6) is 0 Å². The Labute approximate surface area is 158 Å². The molecule has 1 heterocycles. The summed E-state index contributed by atoms with van der Waals surface area (Å²) in [6.45, 7) is 3.46. The third kappa shape index (κ3) is 4.03. The fourth-order valence-corrected chi connectivity index (χ4v) is 3.40. The molecule has 0 saturated carbocycles. The van der Waals surface area contributed by atoms with Crippen molar-refractivity contribution in [2.75, 3.05) is 0 Å². The zero-order valence-electron chi connectivity index (χ0n) is 14.8. The van der Waals surface area contributed by atoms with Crippen LogP contribution in [0.15, 0.2) is 65.7 Å². The first-order chi connectivity index (χ1) is 12.6. The van der Waals surface area contributed by atoms with Crippen molar-refractivity contribution in [2.45, 2.75) is 25.4 Å². The van der Waals surface area contributed by atoms with Crippen molar-refractivity contribution in [3.63, 3.8) is 0 Å². The lowest BCUT2D eigenvalue weighted by Crippen LogP contribution is -2.09. The van der Waals surface area contributed by atoms with Gasteiger partial charge in [0.25, 0.3) is 0 Å². The Morgan fingerprint density at radius 2 is 2.23 bits per heavy atom. The molecule has 1 aromatic carbocycles. The minimum atomic E-state index is -0.760. The lowest BCUT2D eigenvalue weighted by Gasteiger charge is -2.22. The number of aryl methyl sites for hydroxylation is 2. The molecule has 134 valence electrons. The van der Waals surface area contributed by atoms with E-state index in [0.717, 1.165) is 36.1 Å². The van der Waals surface area contributed by atoms with Gasteiger partial charge in [-0.3, -0.25) is 4.99 Å². The number of nitrogens with zero attached hydrogens (tertiary/aromatic N) is 3. The highest BCUT2D eigenvalue weighted by atomic mass is 35.5. The molecule has 0 aliphatic heterocycles. The summed E-state index contributed by atoms with van der Waals surface area (Å²) in [4.78, 5) is 7.87. The largest absolute Gasteiger partial charge is 0.382 e. The normalized spacial score (nSPS) is 19.5. The second kappa shape index (κ2) is 8.30. The number of halogens is 1. The number of aliphatic hydroxyl groups is 1. The molecule has 0 fully saturated rings. The Hall–Kier alpha value is -2.43. The van der Waals surface area contributed by atoms with Crippen molar-refractivity contribution in [3.8, 4) is 0 Å². The van der Waals surface area contributed by atoms with Gasteiger partial charge in [0.2, 0.25) is 0 Å². The number of benzene rings is 1. The third-order valence-corrected chi connectivity index (χ3v) is 4.87. The smallest absolute Gasteiger partial charge is 0.121 e. The highest BCUT2D eigenvalue weighted by Gasteiger charge is 2.22. The van der Waals surface area contributed by atoms with E-state index in [-0.39, 0.29) is 0 Å². The highest BCUT2D eigenvalue weighted by molar-refractivity contribution is 6.30. The van der Waals surface area contributed by atoms with E-state index < -0.39 is 6.10 Å². The second-order valence-corrected chi connectivity index (χ2v) is 6.78. The summed E-state index contributed by atoms with van der Waals surface area (Å²) in [6, 6.07) is 5.89.